The van der Waals surface area contributed by atoms with E-state index < -0.39 is 0 Å². The molecule has 1 saturated carbocycles. The highest BCUT2D eigenvalue weighted by Crippen LogP contribution is 2.30. The molecule has 0 amide bonds. The maximum absolute atomic E-state index is 5.79. The van der Waals surface area contributed by atoms with Crippen molar-refractivity contribution >= 4 is 0 Å². The summed E-state index contributed by atoms with van der Waals surface area (Å²) in [6.07, 6.45) is 5.57. The van der Waals surface area contributed by atoms with Crippen molar-refractivity contribution < 1.29 is 4.74 Å². The van der Waals surface area contributed by atoms with Gasteiger partial charge in [0.15, 0.2) is 0 Å². The van der Waals surface area contributed by atoms with Crippen LogP contribution in [0.25, 0.3) is 0 Å². The van der Waals surface area contributed by atoms with Gasteiger partial charge in [0.2, 0.25) is 0 Å². The second kappa shape index (κ2) is 2.91. The normalized spacial score (nSPS) is 19.5. The Morgan fingerprint density at radius 3 is 2.40 bits per heavy atom. The maximum Gasteiger partial charge on any atom is 0.0630 e. The summed E-state index contributed by atoms with van der Waals surface area (Å²) < 4.78 is 5.79. The molecule has 60 valence electrons. The van der Waals surface area contributed by atoms with E-state index in [1.165, 1.54) is 25.7 Å². The summed E-state index contributed by atoms with van der Waals surface area (Å²) in [5, 5.41) is 0. The zero-order chi connectivity index (χ0) is 7.61. The lowest BCUT2D eigenvalue weighted by molar-refractivity contribution is -0.0353. The molecule has 0 bridgehead atoms. The molecule has 10 heavy (non-hydrogen) atoms. The van der Waals surface area contributed by atoms with Crippen LogP contribution < -0.4 is 0 Å². The first-order valence-electron chi connectivity index (χ1n) is 4.32. The Morgan fingerprint density at radius 2 is 2.00 bits per heavy atom. The van der Waals surface area contributed by atoms with Crippen molar-refractivity contribution in [2.45, 2.75) is 58.2 Å². The first kappa shape index (κ1) is 8.06. The molecule has 1 nitrogen and oxygen atoms in total. The van der Waals surface area contributed by atoms with Gasteiger partial charge < -0.3 is 4.74 Å². The van der Waals surface area contributed by atoms with Crippen molar-refractivity contribution in [2.24, 2.45) is 0 Å². The minimum atomic E-state index is 0.135. The van der Waals surface area contributed by atoms with Gasteiger partial charge in [-0.15, -0.1) is 0 Å². The molecule has 0 unspecified atom stereocenters. The monoisotopic (exact) mass is 142 g/mol. The molecule has 1 fully saturated rings. The third-order valence-electron chi connectivity index (χ3n) is 1.86. The van der Waals surface area contributed by atoms with Crippen LogP contribution in [0.15, 0.2) is 0 Å². The third-order valence-corrected chi connectivity index (χ3v) is 1.86. The summed E-state index contributed by atoms with van der Waals surface area (Å²) >= 11 is 0. The topological polar surface area (TPSA) is 9.23 Å². The van der Waals surface area contributed by atoms with Crippen LogP contribution in [-0.4, -0.2) is 11.7 Å². The maximum atomic E-state index is 5.79. The van der Waals surface area contributed by atoms with Gasteiger partial charge >= 0.3 is 0 Å². The Morgan fingerprint density at radius 1 is 1.40 bits per heavy atom. The highest BCUT2D eigenvalue weighted by molar-refractivity contribution is 4.79. The van der Waals surface area contributed by atoms with Crippen LogP contribution >= 0.6 is 0 Å². The molecule has 0 aromatic carbocycles. The van der Waals surface area contributed by atoms with Crippen LogP contribution in [0, 0.1) is 0 Å². The van der Waals surface area contributed by atoms with E-state index in [0.29, 0.717) is 6.10 Å². The van der Waals surface area contributed by atoms with Gasteiger partial charge in [-0.25, -0.2) is 0 Å². The van der Waals surface area contributed by atoms with E-state index in [-0.39, 0.29) is 5.60 Å². The predicted molar refractivity (Wildman–Crippen MR) is 43.1 cm³/mol. The second-order valence-corrected chi connectivity index (χ2v) is 3.83. The van der Waals surface area contributed by atoms with Crippen LogP contribution in [0.3, 0.4) is 0 Å². The smallest absolute Gasteiger partial charge is 0.0630 e. The van der Waals surface area contributed by atoms with Crippen LogP contribution in [0.5, 0.6) is 0 Å². The van der Waals surface area contributed by atoms with Gasteiger partial charge in [0.1, 0.15) is 0 Å². The lowest BCUT2D eigenvalue weighted by atomic mass is 10.0. The summed E-state index contributed by atoms with van der Waals surface area (Å²) in [5.74, 6) is 0. The molecule has 1 rings (SSSR count). The first-order chi connectivity index (χ1) is 4.64. The van der Waals surface area contributed by atoms with Gasteiger partial charge in [0.25, 0.3) is 0 Å². The van der Waals surface area contributed by atoms with Crippen molar-refractivity contribution in [3.8, 4) is 0 Å². The summed E-state index contributed by atoms with van der Waals surface area (Å²) in [4.78, 5) is 0. The minimum Gasteiger partial charge on any atom is -0.372 e. The average Bonchev–Trinajstić information content (AvgIpc) is 2.48. The molecule has 1 aliphatic carbocycles. The molecule has 0 aromatic heterocycles. The van der Waals surface area contributed by atoms with E-state index >= 15 is 0 Å². The molecule has 0 heterocycles. The summed E-state index contributed by atoms with van der Waals surface area (Å²) in [5.41, 5.74) is 0.135. The molecule has 0 spiro atoms. The summed E-state index contributed by atoms with van der Waals surface area (Å²) in [7, 11) is 0. The Balaban J connectivity index is 2.19. The van der Waals surface area contributed by atoms with Crippen molar-refractivity contribution in [3.63, 3.8) is 0 Å². The average molecular weight is 142 g/mol. The van der Waals surface area contributed by atoms with Crippen molar-refractivity contribution in [2.75, 3.05) is 0 Å². The van der Waals surface area contributed by atoms with Gasteiger partial charge in [-0.1, -0.05) is 13.3 Å². The fourth-order valence-electron chi connectivity index (χ4n) is 1.30. The fraction of sp³-hybridized carbons (Fsp3) is 1.00. The highest BCUT2D eigenvalue weighted by Gasteiger charge is 2.29. The molecule has 0 atom stereocenters. The highest BCUT2D eigenvalue weighted by atomic mass is 16.5. The molecule has 0 N–H and O–H groups in total. The second-order valence-electron chi connectivity index (χ2n) is 3.83. The molecule has 0 aliphatic heterocycles. The van der Waals surface area contributed by atoms with E-state index in [2.05, 4.69) is 20.8 Å². The van der Waals surface area contributed by atoms with E-state index in [1.54, 1.807) is 0 Å². The van der Waals surface area contributed by atoms with Crippen LogP contribution in [0.4, 0.5) is 0 Å². The standard InChI is InChI=1S/C9H18O/c1-4-7-9(2,3)10-8-5-6-8/h8H,4-7H2,1-3H3. The van der Waals surface area contributed by atoms with Crippen molar-refractivity contribution in [1.82, 2.24) is 0 Å². The predicted octanol–water partition coefficient (Wildman–Crippen LogP) is 2.74. The van der Waals surface area contributed by atoms with Gasteiger partial charge in [-0.2, -0.15) is 0 Å². The Labute approximate surface area is 63.8 Å². The lowest BCUT2D eigenvalue weighted by Crippen LogP contribution is -2.24. The first-order valence-corrected chi connectivity index (χ1v) is 4.32. The van der Waals surface area contributed by atoms with E-state index in [1.807, 2.05) is 0 Å². The SMILES string of the molecule is CCCC(C)(C)OC1CC1. The van der Waals surface area contributed by atoms with E-state index in [4.69, 9.17) is 4.74 Å². The molecule has 1 aliphatic rings. The number of hydrogen-bond acceptors (Lipinski definition) is 1. The molecular formula is C9H18O. The summed E-state index contributed by atoms with van der Waals surface area (Å²) in [6, 6.07) is 0. The van der Waals surface area contributed by atoms with E-state index in [0.717, 1.165) is 0 Å². The number of hydrogen-bond donors (Lipinski definition) is 0. The number of rotatable bonds is 4. The van der Waals surface area contributed by atoms with Crippen molar-refractivity contribution in [1.29, 1.82) is 0 Å². The van der Waals surface area contributed by atoms with Crippen molar-refractivity contribution in [3.05, 3.63) is 0 Å². The quantitative estimate of drug-likeness (QED) is 0.586. The molecule has 0 aromatic rings. The van der Waals surface area contributed by atoms with Gasteiger partial charge in [-0.3, -0.25) is 0 Å². The molecule has 0 radical (unpaired) electrons. The van der Waals surface area contributed by atoms with Gasteiger partial charge in [0, 0.05) is 0 Å². The van der Waals surface area contributed by atoms with Crippen LogP contribution in [-0.2, 0) is 4.74 Å². The van der Waals surface area contributed by atoms with Gasteiger partial charge in [0.05, 0.1) is 11.7 Å². The number of ether oxygens (including phenoxy) is 1. The molecule has 1 heteroatoms. The minimum absolute atomic E-state index is 0.135. The Hall–Kier alpha value is -0.0400. The zero-order valence-corrected chi connectivity index (χ0v) is 7.31. The Bertz CT molecular complexity index is 103. The molecule has 0 saturated heterocycles. The van der Waals surface area contributed by atoms with E-state index in [9.17, 15) is 0 Å². The zero-order valence-electron chi connectivity index (χ0n) is 7.31. The van der Waals surface area contributed by atoms with Crippen LogP contribution in [0.2, 0.25) is 0 Å². The lowest BCUT2D eigenvalue weighted by Gasteiger charge is -2.24. The summed E-state index contributed by atoms with van der Waals surface area (Å²) in [6.45, 7) is 6.58. The van der Waals surface area contributed by atoms with Gasteiger partial charge in [-0.05, 0) is 33.1 Å². The largest absolute Gasteiger partial charge is 0.372 e. The van der Waals surface area contributed by atoms with Crippen LogP contribution in [0.1, 0.15) is 46.5 Å². The molecular weight excluding hydrogens is 124 g/mol. The fourth-order valence-corrected chi connectivity index (χ4v) is 1.30. The third kappa shape index (κ3) is 2.70. The Kier molecular flexibility index (Phi) is 2.35.